The molecule has 0 aliphatic carbocycles. The van der Waals surface area contributed by atoms with E-state index in [2.05, 4.69) is 0 Å². The molecular formula is C15H21NO2. The third-order valence-corrected chi connectivity index (χ3v) is 3.05. The first-order valence-corrected chi connectivity index (χ1v) is 6.29. The van der Waals surface area contributed by atoms with E-state index < -0.39 is 5.92 Å². The zero-order valence-corrected chi connectivity index (χ0v) is 11.6. The van der Waals surface area contributed by atoms with Crippen molar-refractivity contribution in [2.45, 2.75) is 26.7 Å². The highest BCUT2D eigenvalue weighted by atomic mass is 16.1. The fourth-order valence-corrected chi connectivity index (χ4v) is 1.93. The third kappa shape index (κ3) is 3.42. The van der Waals surface area contributed by atoms with Gasteiger partial charge in [0.15, 0.2) is 5.78 Å². The van der Waals surface area contributed by atoms with Crippen LogP contribution in [-0.2, 0) is 4.79 Å². The lowest BCUT2D eigenvalue weighted by atomic mass is 9.90. The molecule has 1 aromatic rings. The van der Waals surface area contributed by atoms with Gasteiger partial charge in [0.2, 0.25) is 0 Å². The Bertz CT molecular complexity index is 421. The minimum Gasteiger partial charge on any atom is -0.378 e. The Hall–Kier alpha value is -1.64. The lowest BCUT2D eigenvalue weighted by Gasteiger charge is -2.14. The lowest BCUT2D eigenvalue weighted by Crippen LogP contribution is -2.22. The van der Waals surface area contributed by atoms with Crippen molar-refractivity contribution in [2.24, 2.45) is 5.92 Å². The average molecular weight is 247 g/mol. The lowest BCUT2D eigenvalue weighted by molar-refractivity contribution is -0.119. The third-order valence-electron chi connectivity index (χ3n) is 3.05. The van der Waals surface area contributed by atoms with Crippen LogP contribution in [0.2, 0.25) is 0 Å². The first kappa shape index (κ1) is 14.4. The Balaban J connectivity index is 2.91. The van der Waals surface area contributed by atoms with Gasteiger partial charge in [0.05, 0.1) is 5.92 Å². The molecule has 1 aromatic carbocycles. The molecule has 0 bridgehead atoms. The van der Waals surface area contributed by atoms with Gasteiger partial charge >= 0.3 is 0 Å². The van der Waals surface area contributed by atoms with E-state index in [1.165, 1.54) is 6.92 Å². The molecule has 1 unspecified atom stereocenters. The van der Waals surface area contributed by atoms with Gasteiger partial charge in [0, 0.05) is 25.3 Å². The first-order chi connectivity index (χ1) is 8.47. The highest BCUT2D eigenvalue weighted by Gasteiger charge is 2.23. The summed E-state index contributed by atoms with van der Waals surface area (Å²) in [5.41, 5.74) is 1.66. The molecule has 1 atom stereocenters. The Morgan fingerprint density at radius 1 is 1.17 bits per heavy atom. The van der Waals surface area contributed by atoms with Crippen LogP contribution in [-0.4, -0.2) is 25.7 Å². The van der Waals surface area contributed by atoms with Crippen LogP contribution in [0.3, 0.4) is 0 Å². The maximum absolute atomic E-state index is 12.2. The normalized spacial score (nSPS) is 12.0. The number of ketones is 2. The van der Waals surface area contributed by atoms with Crippen molar-refractivity contribution in [1.29, 1.82) is 0 Å². The number of nitrogens with zero attached hydrogens (tertiary/aromatic N) is 1. The van der Waals surface area contributed by atoms with E-state index >= 15 is 0 Å². The summed E-state index contributed by atoms with van der Waals surface area (Å²) >= 11 is 0. The van der Waals surface area contributed by atoms with Crippen LogP contribution in [0, 0.1) is 5.92 Å². The van der Waals surface area contributed by atoms with E-state index in [1.54, 1.807) is 12.1 Å². The zero-order valence-electron chi connectivity index (χ0n) is 11.6. The van der Waals surface area contributed by atoms with Crippen LogP contribution >= 0.6 is 0 Å². The molecule has 3 heteroatoms. The van der Waals surface area contributed by atoms with E-state index in [0.717, 1.165) is 12.1 Å². The molecule has 1 rings (SSSR count). The minimum absolute atomic E-state index is 0.0430. The molecule has 0 radical (unpaired) electrons. The summed E-state index contributed by atoms with van der Waals surface area (Å²) in [7, 11) is 3.90. The van der Waals surface area contributed by atoms with Crippen LogP contribution in [0.1, 0.15) is 37.0 Å². The standard InChI is InChI=1S/C15H21NO2/c1-5-6-14(11(2)17)15(18)12-7-9-13(10-8-12)16(3)4/h7-10,14H,5-6H2,1-4H3. The van der Waals surface area contributed by atoms with E-state index in [4.69, 9.17) is 0 Å². The van der Waals surface area contributed by atoms with E-state index in [0.29, 0.717) is 12.0 Å². The number of benzene rings is 1. The summed E-state index contributed by atoms with van der Waals surface area (Å²) in [6.45, 7) is 3.48. The van der Waals surface area contributed by atoms with Crippen LogP contribution in [0.4, 0.5) is 5.69 Å². The number of rotatable bonds is 6. The second kappa shape index (κ2) is 6.34. The summed E-state index contributed by atoms with van der Waals surface area (Å²) in [5.74, 6) is -0.589. The first-order valence-electron chi connectivity index (χ1n) is 6.29. The molecule has 0 heterocycles. The minimum atomic E-state index is -0.486. The Kier molecular flexibility index (Phi) is 5.08. The number of carbonyl (C=O) groups is 2. The monoisotopic (exact) mass is 247 g/mol. The number of Topliss-reactive ketones (excluding diaryl/α,β-unsaturated/α-hetero) is 2. The van der Waals surface area contributed by atoms with Gasteiger partial charge in [0.25, 0.3) is 0 Å². The van der Waals surface area contributed by atoms with Crippen molar-refractivity contribution < 1.29 is 9.59 Å². The maximum Gasteiger partial charge on any atom is 0.173 e. The van der Waals surface area contributed by atoms with Crippen molar-refractivity contribution in [3.8, 4) is 0 Å². The van der Waals surface area contributed by atoms with Crippen LogP contribution in [0.15, 0.2) is 24.3 Å². The molecular weight excluding hydrogens is 226 g/mol. The number of hydrogen-bond donors (Lipinski definition) is 0. The van der Waals surface area contributed by atoms with Crippen LogP contribution in [0.5, 0.6) is 0 Å². The van der Waals surface area contributed by atoms with E-state index in [-0.39, 0.29) is 11.6 Å². The zero-order chi connectivity index (χ0) is 13.7. The second-order valence-electron chi connectivity index (χ2n) is 4.76. The van der Waals surface area contributed by atoms with Gasteiger partial charge in [-0.15, -0.1) is 0 Å². The molecule has 0 fully saturated rings. The molecule has 0 aliphatic heterocycles. The van der Waals surface area contributed by atoms with Crippen molar-refractivity contribution in [2.75, 3.05) is 19.0 Å². The largest absolute Gasteiger partial charge is 0.378 e. The van der Waals surface area contributed by atoms with Crippen molar-refractivity contribution in [3.05, 3.63) is 29.8 Å². The summed E-state index contributed by atoms with van der Waals surface area (Å²) in [6, 6.07) is 7.39. The quantitative estimate of drug-likeness (QED) is 0.573. The predicted molar refractivity (Wildman–Crippen MR) is 74.2 cm³/mol. The topological polar surface area (TPSA) is 37.4 Å². The van der Waals surface area contributed by atoms with Crippen LogP contribution < -0.4 is 4.90 Å². The number of anilines is 1. The van der Waals surface area contributed by atoms with Gasteiger partial charge in [-0.3, -0.25) is 9.59 Å². The SMILES string of the molecule is CCCC(C(C)=O)C(=O)c1ccc(N(C)C)cc1. The molecule has 0 N–H and O–H groups in total. The molecule has 0 saturated carbocycles. The fraction of sp³-hybridized carbons (Fsp3) is 0.467. The number of hydrogen-bond acceptors (Lipinski definition) is 3. The molecule has 0 saturated heterocycles. The molecule has 0 aromatic heterocycles. The van der Waals surface area contributed by atoms with E-state index in [9.17, 15) is 9.59 Å². The van der Waals surface area contributed by atoms with Gasteiger partial charge in [-0.25, -0.2) is 0 Å². The van der Waals surface area contributed by atoms with E-state index in [1.807, 2.05) is 38.1 Å². The molecule has 98 valence electrons. The smallest absolute Gasteiger partial charge is 0.173 e. The van der Waals surface area contributed by atoms with Gasteiger partial charge in [-0.1, -0.05) is 13.3 Å². The highest BCUT2D eigenvalue weighted by molar-refractivity contribution is 6.10. The van der Waals surface area contributed by atoms with Gasteiger partial charge in [-0.05, 0) is 37.6 Å². The number of carbonyl (C=O) groups excluding carboxylic acids is 2. The van der Waals surface area contributed by atoms with Crippen molar-refractivity contribution in [1.82, 2.24) is 0 Å². The highest BCUT2D eigenvalue weighted by Crippen LogP contribution is 2.18. The Morgan fingerprint density at radius 3 is 2.11 bits per heavy atom. The molecule has 0 spiro atoms. The van der Waals surface area contributed by atoms with Gasteiger partial charge in [0.1, 0.15) is 5.78 Å². The van der Waals surface area contributed by atoms with Crippen LogP contribution in [0.25, 0.3) is 0 Å². The predicted octanol–water partition coefficient (Wildman–Crippen LogP) is 2.94. The van der Waals surface area contributed by atoms with Crippen molar-refractivity contribution >= 4 is 17.3 Å². The molecule has 0 aliphatic rings. The average Bonchev–Trinajstić information content (AvgIpc) is 2.35. The molecule has 3 nitrogen and oxygen atoms in total. The fourth-order valence-electron chi connectivity index (χ4n) is 1.93. The summed E-state index contributed by atoms with van der Waals surface area (Å²) < 4.78 is 0. The molecule has 18 heavy (non-hydrogen) atoms. The summed E-state index contributed by atoms with van der Waals surface area (Å²) in [6.07, 6.45) is 1.47. The second-order valence-corrected chi connectivity index (χ2v) is 4.76. The Morgan fingerprint density at radius 2 is 1.72 bits per heavy atom. The summed E-state index contributed by atoms with van der Waals surface area (Å²) in [5, 5.41) is 0. The summed E-state index contributed by atoms with van der Waals surface area (Å²) in [4.78, 5) is 25.7. The van der Waals surface area contributed by atoms with Gasteiger partial charge in [-0.2, -0.15) is 0 Å². The maximum atomic E-state index is 12.2. The van der Waals surface area contributed by atoms with Gasteiger partial charge < -0.3 is 4.90 Å². The Labute approximate surface area is 109 Å². The molecule has 0 amide bonds. The van der Waals surface area contributed by atoms with Crippen molar-refractivity contribution in [3.63, 3.8) is 0 Å².